The van der Waals surface area contributed by atoms with Crippen molar-refractivity contribution < 1.29 is 19.1 Å². The number of hydrogen-bond acceptors (Lipinski definition) is 4. The van der Waals surface area contributed by atoms with Crippen LogP contribution in [0.3, 0.4) is 0 Å². The highest BCUT2D eigenvalue weighted by Crippen LogP contribution is 2.27. The van der Waals surface area contributed by atoms with E-state index in [0.29, 0.717) is 46.2 Å². The predicted molar refractivity (Wildman–Crippen MR) is 125 cm³/mol. The number of anilines is 2. The lowest BCUT2D eigenvalue weighted by atomic mass is 10.1. The summed E-state index contributed by atoms with van der Waals surface area (Å²) in [6.45, 7) is 4.77. The molecule has 0 radical (unpaired) electrons. The minimum Gasteiger partial charge on any atom is -0.484 e. The average molecular weight is 478 g/mol. The first-order valence-electron chi connectivity index (χ1n) is 10.3. The molecule has 3 amide bonds. The van der Waals surface area contributed by atoms with Gasteiger partial charge in [-0.25, -0.2) is 0 Å². The van der Waals surface area contributed by atoms with Crippen molar-refractivity contribution in [3.8, 4) is 5.75 Å². The summed E-state index contributed by atoms with van der Waals surface area (Å²) in [6, 6.07) is 11.6. The molecular formula is C23H25Cl2N3O4. The molecule has 2 N–H and O–H groups in total. The number of hydrogen-bond donors (Lipinski definition) is 2. The summed E-state index contributed by atoms with van der Waals surface area (Å²) < 4.78 is 5.51. The van der Waals surface area contributed by atoms with E-state index in [-0.39, 0.29) is 36.7 Å². The molecule has 1 fully saturated rings. The summed E-state index contributed by atoms with van der Waals surface area (Å²) in [7, 11) is 0. The van der Waals surface area contributed by atoms with Gasteiger partial charge in [-0.15, -0.1) is 0 Å². The number of carbonyl (C=O) groups excluding carboxylic acids is 3. The first-order chi connectivity index (χ1) is 15.2. The van der Waals surface area contributed by atoms with Gasteiger partial charge in [-0.05, 0) is 48.4 Å². The molecule has 3 rings (SSSR count). The van der Waals surface area contributed by atoms with Crippen LogP contribution in [0.25, 0.3) is 0 Å². The van der Waals surface area contributed by atoms with Crippen molar-refractivity contribution in [3.05, 3.63) is 52.5 Å². The second-order valence-electron chi connectivity index (χ2n) is 8.03. The molecular weight excluding hydrogens is 453 g/mol. The molecule has 2 aromatic carbocycles. The van der Waals surface area contributed by atoms with Crippen LogP contribution in [0, 0.1) is 11.8 Å². The highest BCUT2D eigenvalue weighted by molar-refractivity contribution is 6.35. The first-order valence-corrected chi connectivity index (χ1v) is 11.0. The Morgan fingerprint density at radius 1 is 1.12 bits per heavy atom. The quantitative estimate of drug-likeness (QED) is 0.597. The normalized spacial score (nSPS) is 15.7. The lowest BCUT2D eigenvalue weighted by molar-refractivity contribution is -0.126. The van der Waals surface area contributed by atoms with E-state index in [2.05, 4.69) is 10.6 Å². The number of rotatable bonds is 8. The second kappa shape index (κ2) is 10.7. The van der Waals surface area contributed by atoms with E-state index in [4.69, 9.17) is 27.9 Å². The molecule has 1 atom stereocenters. The van der Waals surface area contributed by atoms with Gasteiger partial charge < -0.3 is 20.3 Å². The Kier molecular flexibility index (Phi) is 7.99. The van der Waals surface area contributed by atoms with Crippen molar-refractivity contribution >= 4 is 52.3 Å². The smallest absolute Gasteiger partial charge is 0.262 e. The summed E-state index contributed by atoms with van der Waals surface area (Å²) in [6.07, 6.45) is 0.190. The summed E-state index contributed by atoms with van der Waals surface area (Å²) >= 11 is 11.8. The van der Waals surface area contributed by atoms with E-state index in [9.17, 15) is 14.4 Å². The highest BCUT2D eigenvalue weighted by atomic mass is 35.5. The lowest BCUT2D eigenvalue weighted by Crippen LogP contribution is -2.35. The number of halogens is 2. The largest absolute Gasteiger partial charge is 0.484 e. The van der Waals surface area contributed by atoms with Crippen molar-refractivity contribution in [2.24, 2.45) is 11.8 Å². The van der Waals surface area contributed by atoms with E-state index in [1.807, 2.05) is 13.8 Å². The maximum absolute atomic E-state index is 12.4. The van der Waals surface area contributed by atoms with Crippen molar-refractivity contribution in [3.63, 3.8) is 0 Å². The Labute approximate surface area is 197 Å². The summed E-state index contributed by atoms with van der Waals surface area (Å²) in [4.78, 5) is 38.4. The van der Waals surface area contributed by atoms with Gasteiger partial charge in [0.05, 0.1) is 5.92 Å². The summed E-state index contributed by atoms with van der Waals surface area (Å²) in [5.41, 5.74) is 1.16. The number of ether oxygens (including phenoxy) is 1. The maximum Gasteiger partial charge on any atom is 0.262 e. The molecule has 1 unspecified atom stereocenters. The van der Waals surface area contributed by atoms with E-state index < -0.39 is 0 Å². The number of nitrogens with zero attached hydrogens (tertiary/aromatic N) is 1. The van der Waals surface area contributed by atoms with Crippen LogP contribution in [0.4, 0.5) is 11.4 Å². The van der Waals surface area contributed by atoms with Crippen molar-refractivity contribution in [1.82, 2.24) is 5.32 Å². The van der Waals surface area contributed by atoms with Crippen LogP contribution in [0.5, 0.6) is 5.75 Å². The Morgan fingerprint density at radius 2 is 1.78 bits per heavy atom. The van der Waals surface area contributed by atoms with Crippen molar-refractivity contribution in [1.29, 1.82) is 0 Å². The summed E-state index contributed by atoms with van der Waals surface area (Å²) in [5, 5.41) is 6.38. The Bertz CT molecular complexity index is 975. The maximum atomic E-state index is 12.4. The van der Waals surface area contributed by atoms with Crippen LogP contribution in [-0.4, -0.2) is 37.4 Å². The molecule has 0 saturated carbocycles. The molecule has 1 heterocycles. The van der Waals surface area contributed by atoms with Crippen LogP contribution >= 0.6 is 23.2 Å². The van der Waals surface area contributed by atoms with Crippen LogP contribution in [0.1, 0.15) is 20.3 Å². The fourth-order valence-corrected chi connectivity index (χ4v) is 3.80. The fraction of sp³-hybridized carbons (Fsp3) is 0.348. The van der Waals surface area contributed by atoms with E-state index in [1.165, 1.54) is 0 Å². The summed E-state index contributed by atoms with van der Waals surface area (Å²) in [5.74, 6) is -0.0846. The van der Waals surface area contributed by atoms with Gasteiger partial charge in [-0.2, -0.15) is 0 Å². The van der Waals surface area contributed by atoms with Crippen molar-refractivity contribution in [2.75, 3.05) is 29.9 Å². The molecule has 0 bridgehead atoms. The van der Waals surface area contributed by atoms with E-state index in [1.54, 1.807) is 47.4 Å². The minimum absolute atomic E-state index is 0.0945. The monoisotopic (exact) mass is 477 g/mol. The standard InChI is InChI=1S/C23H25Cl2N3O4/c1-14(2)11-26-23(31)15-7-22(30)28(12-15)19-3-5-20(6-4-19)32-13-21(29)27-18-9-16(24)8-17(25)10-18/h3-6,8-10,14-15H,7,11-13H2,1-2H3,(H,26,31)(H,27,29). The van der Waals surface area contributed by atoms with Crippen LogP contribution in [0.2, 0.25) is 10.0 Å². The predicted octanol–water partition coefficient (Wildman–Crippen LogP) is 4.14. The molecule has 0 spiro atoms. The molecule has 1 aliphatic heterocycles. The van der Waals surface area contributed by atoms with Gasteiger partial charge in [0.1, 0.15) is 5.75 Å². The van der Waals surface area contributed by atoms with Gasteiger partial charge in [0.2, 0.25) is 11.8 Å². The topological polar surface area (TPSA) is 87.7 Å². The molecule has 170 valence electrons. The van der Waals surface area contributed by atoms with E-state index >= 15 is 0 Å². The number of benzene rings is 2. The third kappa shape index (κ3) is 6.61. The number of amides is 3. The molecule has 2 aromatic rings. The third-order valence-electron chi connectivity index (χ3n) is 4.85. The Balaban J connectivity index is 1.52. The van der Waals surface area contributed by atoms with Gasteiger partial charge in [0.25, 0.3) is 5.91 Å². The van der Waals surface area contributed by atoms with Gasteiger partial charge >= 0.3 is 0 Å². The van der Waals surface area contributed by atoms with Crippen LogP contribution in [0.15, 0.2) is 42.5 Å². The molecule has 7 nitrogen and oxygen atoms in total. The zero-order chi connectivity index (χ0) is 23.3. The SMILES string of the molecule is CC(C)CNC(=O)C1CC(=O)N(c2ccc(OCC(=O)Nc3cc(Cl)cc(Cl)c3)cc2)C1. The molecule has 1 aliphatic rings. The van der Waals surface area contributed by atoms with Crippen molar-refractivity contribution in [2.45, 2.75) is 20.3 Å². The first kappa shape index (κ1) is 23.9. The third-order valence-corrected chi connectivity index (χ3v) is 5.28. The second-order valence-corrected chi connectivity index (χ2v) is 8.91. The Morgan fingerprint density at radius 3 is 2.41 bits per heavy atom. The van der Waals surface area contributed by atoms with Gasteiger partial charge in [-0.3, -0.25) is 14.4 Å². The zero-order valence-corrected chi connectivity index (χ0v) is 19.4. The average Bonchev–Trinajstić information content (AvgIpc) is 3.12. The van der Waals surface area contributed by atoms with Gasteiger partial charge in [0.15, 0.2) is 6.61 Å². The lowest BCUT2D eigenvalue weighted by Gasteiger charge is -2.17. The van der Waals surface area contributed by atoms with Gasteiger partial charge in [0, 0.05) is 40.9 Å². The minimum atomic E-state index is -0.364. The molecule has 0 aromatic heterocycles. The fourth-order valence-electron chi connectivity index (χ4n) is 3.28. The molecule has 1 saturated heterocycles. The highest BCUT2D eigenvalue weighted by Gasteiger charge is 2.35. The Hall–Kier alpha value is -2.77. The molecule has 9 heteroatoms. The molecule has 32 heavy (non-hydrogen) atoms. The van der Waals surface area contributed by atoms with Crippen LogP contribution in [-0.2, 0) is 14.4 Å². The van der Waals surface area contributed by atoms with E-state index in [0.717, 1.165) is 0 Å². The molecule has 0 aliphatic carbocycles. The van der Waals surface area contributed by atoms with Gasteiger partial charge in [-0.1, -0.05) is 37.0 Å². The van der Waals surface area contributed by atoms with Crippen LogP contribution < -0.4 is 20.3 Å². The zero-order valence-electron chi connectivity index (χ0n) is 17.9. The number of nitrogens with one attached hydrogen (secondary N) is 2. The number of carbonyl (C=O) groups is 3.